The van der Waals surface area contributed by atoms with E-state index in [0.29, 0.717) is 29.8 Å². The molecule has 1 atom stereocenters. The topological polar surface area (TPSA) is 38.9 Å². The number of aromatic nitrogens is 1. The van der Waals surface area contributed by atoms with Gasteiger partial charge in [-0.2, -0.15) is 13.2 Å². The van der Waals surface area contributed by atoms with Crippen LogP contribution in [0.5, 0.6) is 0 Å². The maximum Gasteiger partial charge on any atom is 0.443 e. The molecule has 1 heterocycles. The van der Waals surface area contributed by atoms with Crippen molar-refractivity contribution in [2.24, 2.45) is 5.73 Å². The highest BCUT2D eigenvalue weighted by Gasteiger charge is 2.40. The van der Waals surface area contributed by atoms with Crippen LogP contribution in [0.2, 0.25) is 0 Å². The van der Waals surface area contributed by atoms with Crippen molar-refractivity contribution in [3.8, 4) is 0 Å². The molecule has 106 valence electrons. The number of nitrogens with two attached hydrogens (primary N) is 1. The zero-order chi connectivity index (χ0) is 14.4. The molecule has 0 bridgehead atoms. The number of fused-ring (bicyclic) bond motifs is 1. The van der Waals surface area contributed by atoms with E-state index in [9.17, 15) is 13.2 Å². The van der Waals surface area contributed by atoms with Gasteiger partial charge in [0.25, 0.3) is 0 Å². The van der Waals surface area contributed by atoms with Crippen LogP contribution < -0.4 is 5.73 Å². The van der Waals surface area contributed by atoms with E-state index in [2.05, 4.69) is 4.98 Å². The molecular formula is C14H13F3N2S. The molecule has 2 aromatic rings. The number of hydrogen-bond acceptors (Lipinski definition) is 3. The SMILES string of the molecule is NC1(c2ccccc2)CCc2nc(C(F)(F)F)sc2C1. The Morgan fingerprint density at radius 2 is 1.90 bits per heavy atom. The smallest absolute Gasteiger partial charge is 0.321 e. The molecule has 0 amide bonds. The molecule has 1 aromatic heterocycles. The fraction of sp³-hybridized carbons (Fsp3) is 0.357. The van der Waals surface area contributed by atoms with Crippen LogP contribution in [0.25, 0.3) is 0 Å². The fourth-order valence-corrected chi connectivity index (χ4v) is 3.67. The first kappa shape index (κ1) is 13.6. The lowest BCUT2D eigenvalue weighted by atomic mass is 9.79. The summed E-state index contributed by atoms with van der Waals surface area (Å²) < 4.78 is 38.1. The molecule has 0 spiro atoms. The van der Waals surface area contributed by atoms with Gasteiger partial charge in [-0.25, -0.2) is 4.98 Å². The van der Waals surface area contributed by atoms with Gasteiger partial charge in [0.15, 0.2) is 5.01 Å². The van der Waals surface area contributed by atoms with E-state index in [0.717, 1.165) is 16.9 Å². The highest BCUT2D eigenvalue weighted by Crippen LogP contribution is 2.41. The van der Waals surface area contributed by atoms with Crippen LogP contribution in [-0.2, 0) is 24.6 Å². The number of rotatable bonds is 1. The molecule has 6 heteroatoms. The highest BCUT2D eigenvalue weighted by atomic mass is 32.1. The van der Waals surface area contributed by atoms with E-state index in [4.69, 9.17) is 5.73 Å². The number of aryl methyl sites for hydroxylation is 1. The molecule has 1 aliphatic carbocycles. The fourth-order valence-electron chi connectivity index (χ4n) is 2.57. The van der Waals surface area contributed by atoms with E-state index in [-0.39, 0.29) is 0 Å². The van der Waals surface area contributed by atoms with Crippen molar-refractivity contribution >= 4 is 11.3 Å². The number of thiazole rings is 1. The Morgan fingerprint density at radius 3 is 2.55 bits per heavy atom. The molecule has 3 rings (SSSR count). The molecule has 20 heavy (non-hydrogen) atoms. The molecule has 1 unspecified atom stereocenters. The van der Waals surface area contributed by atoms with Crippen molar-refractivity contribution in [3.05, 3.63) is 51.5 Å². The van der Waals surface area contributed by atoms with Crippen LogP contribution in [0, 0.1) is 0 Å². The Morgan fingerprint density at radius 1 is 1.20 bits per heavy atom. The Balaban J connectivity index is 1.94. The summed E-state index contributed by atoms with van der Waals surface area (Å²) in [7, 11) is 0. The van der Waals surface area contributed by atoms with Crippen LogP contribution in [-0.4, -0.2) is 4.98 Å². The van der Waals surface area contributed by atoms with Crippen molar-refractivity contribution in [2.45, 2.75) is 31.0 Å². The molecule has 2 N–H and O–H groups in total. The Kier molecular flexibility index (Phi) is 3.10. The normalized spacial score (nSPS) is 22.6. The van der Waals surface area contributed by atoms with Gasteiger partial charge in [-0.15, -0.1) is 11.3 Å². The van der Waals surface area contributed by atoms with E-state index < -0.39 is 16.7 Å². The van der Waals surface area contributed by atoms with Crippen LogP contribution in [0.15, 0.2) is 30.3 Å². The number of hydrogen-bond donors (Lipinski definition) is 1. The average Bonchev–Trinajstić information content (AvgIpc) is 2.82. The summed E-state index contributed by atoms with van der Waals surface area (Å²) in [6.07, 6.45) is -2.84. The minimum Gasteiger partial charge on any atom is -0.321 e. The summed E-state index contributed by atoms with van der Waals surface area (Å²) in [5.41, 5.74) is 7.34. The maximum atomic E-state index is 12.7. The van der Waals surface area contributed by atoms with Crippen LogP contribution in [0.3, 0.4) is 0 Å². The van der Waals surface area contributed by atoms with Crippen LogP contribution >= 0.6 is 11.3 Å². The third kappa shape index (κ3) is 2.33. The van der Waals surface area contributed by atoms with Gasteiger partial charge in [0, 0.05) is 16.8 Å². The van der Waals surface area contributed by atoms with Gasteiger partial charge in [-0.05, 0) is 18.4 Å². The molecule has 2 nitrogen and oxygen atoms in total. The second-order valence-electron chi connectivity index (χ2n) is 5.09. The standard InChI is InChI=1S/C14H13F3N2S/c15-14(16,17)12-19-10-6-7-13(18,8-11(10)20-12)9-4-2-1-3-5-9/h1-5H,6-8,18H2. The largest absolute Gasteiger partial charge is 0.443 e. The second-order valence-corrected chi connectivity index (χ2v) is 6.17. The lowest BCUT2D eigenvalue weighted by Crippen LogP contribution is -2.41. The predicted molar refractivity (Wildman–Crippen MR) is 71.4 cm³/mol. The minimum absolute atomic E-state index is 0.417. The Bertz CT molecular complexity index is 621. The van der Waals surface area contributed by atoms with Crippen molar-refractivity contribution in [2.75, 3.05) is 0 Å². The monoisotopic (exact) mass is 298 g/mol. The molecule has 0 radical (unpaired) electrons. The number of halogens is 3. The number of alkyl halides is 3. The molecule has 0 fully saturated rings. The molecule has 0 saturated heterocycles. The van der Waals surface area contributed by atoms with Crippen molar-refractivity contribution in [3.63, 3.8) is 0 Å². The first-order valence-corrected chi connectivity index (χ1v) is 7.10. The third-order valence-electron chi connectivity index (χ3n) is 3.65. The van der Waals surface area contributed by atoms with Gasteiger partial charge < -0.3 is 5.73 Å². The van der Waals surface area contributed by atoms with E-state index in [1.54, 1.807) is 0 Å². The summed E-state index contributed by atoms with van der Waals surface area (Å²) in [5, 5.41) is -0.764. The predicted octanol–water partition coefficient (Wildman–Crippen LogP) is 3.50. The summed E-state index contributed by atoms with van der Waals surface area (Å²) >= 11 is 0.723. The number of benzene rings is 1. The Labute approximate surface area is 118 Å². The van der Waals surface area contributed by atoms with Crippen molar-refractivity contribution < 1.29 is 13.2 Å². The quantitative estimate of drug-likeness (QED) is 0.875. The van der Waals surface area contributed by atoms with Gasteiger partial charge in [0.1, 0.15) is 0 Å². The van der Waals surface area contributed by atoms with Gasteiger partial charge in [0.2, 0.25) is 0 Å². The van der Waals surface area contributed by atoms with Gasteiger partial charge in [-0.1, -0.05) is 30.3 Å². The van der Waals surface area contributed by atoms with E-state index in [1.807, 2.05) is 30.3 Å². The molecule has 0 aliphatic heterocycles. The first-order valence-electron chi connectivity index (χ1n) is 6.29. The lowest BCUT2D eigenvalue weighted by Gasteiger charge is -2.33. The van der Waals surface area contributed by atoms with Gasteiger partial charge in [0.05, 0.1) is 5.69 Å². The molecule has 1 aromatic carbocycles. The average molecular weight is 298 g/mol. The summed E-state index contributed by atoms with van der Waals surface area (Å²) in [4.78, 5) is 4.38. The molecule has 0 saturated carbocycles. The van der Waals surface area contributed by atoms with Crippen LogP contribution in [0.4, 0.5) is 13.2 Å². The lowest BCUT2D eigenvalue weighted by molar-refractivity contribution is -0.137. The van der Waals surface area contributed by atoms with Crippen molar-refractivity contribution in [1.82, 2.24) is 4.98 Å². The minimum atomic E-state index is -4.37. The van der Waals surface area contributed by atoms with Gasteiger partial charge in [-0.3, -0.25) is 0 Å². The van der Waals surface area contributed by atoms with E-state index >= 15 is 0 Å². The van der Waals surface area contributed by atoms with Gasteiger partial charge >= 0.3 is 6.18 Å². The summed E-state index contributed by atoms with van der Waals surface area (Å²) in [5.74, 6) is 0. The summed E-state index contributed by atoms with van der Waals surface area (Å²) in [6, 6.07) is 9.55. The van der Waals surface area contributed by atoms with E-state index in [1.165, 1.54) is 0 Å². The van der Waals surface area contributed by atoms with Crippen LogP contribution in [0.1, 0.15) is 27.6 Å². The molecule has 1 aliphatic rings. The summed E-state index contributed by atoms with van der Waals surface area (Å²) in [6.45, 7) is 0. The third-order valence-corrected chi connectivity index (χ3v) is 4.80. The van der Waals surface area contributed by atoms with Crippen molar-refractivity contribution in [1.29, 1.82) is 0 Å². The number of nitrogens with zero attached hydrogens (tertiary/aromatic N) is 1. The molecular weight excluding hydrogens is 285 g/mol. The zero-order valence-electron chi connectivity index (χ0n) is 10.6. The second kappa shape index (κ2) is 4.56. The first-order chi connectivity index (χ1) is 9.38. The Hall–Kier alpha value is -1.40. The maximum absolute atomic E-state index is 12.7. The zero-order valence-corrected chi connectivity index (χ0v) is 11.4. The highest BCUT2D eigenvalue weighted by molar-refractivity contribution is 7.11.